The number of rotatable bonds is 4. The van der Waals surface area contributed by atoms with Crippen molar-refractivity contribution in [1.29, 1.82) is 0 Å². The second-order valence-electron chi connectivity index (χ2n) is 5.93. The minimum absolute atomic E-state index is 0.447. The number of aryl methyl sites for hydroxylation is 1. The third-order valence-electron chi connectivity index (χ3n) is 4.12. The van der Waals surface area contributed by atoms with E-state index in [0.717, 1.165) is 28.1 Å². The van der Waals surface area contributed by atoms with E-state index in [4.69, 9.17) is 4.42 Å². The summed E-state index contributed by atoms with van der Waals surface area (Å²) in [5.74, 6) is 0.881. The molecule has 0 bridgehead atoms. The van der Waals surface area contributed by atoms with Gasteiger partial charge in [0.15, 0.2) is 10.2 Å². The van der Waals surface area contributed by atoms with Crippen molar-refractivity contribution >= 4 is 11.8 Å². The molecule has 0 spiro atoms. The number of hydrogen-bond acceptors (Lipinski definition) is 6. The summed E-state index contributed by atoms with van der Waals surface area (Å²) in [6, 6.07) is 12.0. The summed E-state index contributed by atoms with van der Waals surface area (Å²) in [4.78, 5) is 2.20. The third kappa shape index (κ3) is 3.10. The van der Waals surface area contributed by atoms with Gasteiger partial charge < -0.3 is 14.1 Å². The maximum Gasteiger partial charge on any atom is 0.198 e. The summed E-state index contributed by atoms with van der Waals surface area (Å²) >= 11 is 1.45. The SMILES string of the molecule is Cn1cnnc1Sc1ccc(CN2Cc3ccccc3C(O)C2)o1. The van der Waals surface area contributed by atoms with Crippen LogP contribution < -0.4 is 0 Å². The molecule has 6 nitrogen and oxygen atoms in total. The average Bonchev–Trinajstić information content (AvgIpc) is 3.17. The Bertz CT molecular complexity index is 844. The minimum Gasteiger partial charge on any atom is -0.453 e. The van der Waals surface area contributed by atoms with Crippen molar-refractivity contribution in [1.82, 2.24) is 19.7 Å². The summed E-state index contributed by atoms with van der Waals surface area (Å²) < 4.78 is 7.75. The fourth-order valence-electron chi connectivity index (χ4n) is 2.95. The highest BCUT2D eigenvalue weighted by Gasteiger charge is 2.24. The maximum absolute atomic E-state index is 10.3. The number of aliphatic hydroxyl groups is 1. The first-order valence-electron chi connectivity index (χ1n) is 7.78. The van der Waals surface area contributed by atoms with Crippen LogP contribution in [0.15, 0.2) is 57.4 Å². The summed E-state index contributed by atoms with van der Waals surface area (Å²) in [5, 5.41) is 19.8. The van der Waals surface area contributed by atoms with Gasteiger partial charge in [-0.15, -0.1) is 10.2 Å². The number of fused-ring (bicyclic) bond motifs is 1. The molecule has 7 heteroatoms. The van der Waals surface area contributed by atoms with E-state index in [1.807, 2.05) is 41.9 Å². The molecule has 1 aliphatic rings. The van der Waals surface area contributed by atoms with Gasteiger partial charge in [-0.3, -0.25) is 4.90 Å². The number of furan rings is 1. The van der Waals surface area contributed by atoms with Crippen LogP contribution >= 0.6 is 11.8 Å². The van der Waals surface area contributed by atoms with Crippen LogP contribution in [-0.2, 0) is 20.1 Å². The van der Waals surface area contributed by atoms with Crippen molar-refractivity contribution in [3.05, 3.63) is 59.6 Å². The van der Waals surface area contributed by atoms with Crippen LogP contribution in [-0.4, -0.2) is 31.3 Å². The van der Waals surface area contributed by atoms with Crippen molar-refractivity contribution < 1.29 is 9.52 Å². The number of aromatic nitrogens is 3. The molecule has 3 heterocycles. The Labute approximate surface area is 144 Å². The van der Waals surface area contributed by atoms with Gasteiger partial charge in [0.2, 0.25) is 0 Å². The maximum atomic E-state index is 10.3. The molecular weight excluding hydrogens is 324 g/mol. The molecule has 1 aliphatic heterocycles. The van der Waals surface area contributed by atoms with E-state index >= 15 is 0 Å². The predicted molar refractivity (Wildman–Crippen MR) is 89.3 cm³/mol. The molecular formula is C17H18N4O2S. The number of nitrogens with zero attached hydrogens (tertiary/aromatic N) is 4. The number of benzene rings is 1. The van der Waals surface area contributed by atoms with Gasteiger partial charge in [-0.1, -0.05) is 24.3 Å². The average molecular weight is 342 g/mol. The van der Waals surface area contributed by atoms with E-state index < -0.39 is 6.10 Å². The van der Waals surface area contributed by atoms with Crippen molar-refractivity contribution in [2.45, 2.75) is 29.4 Å². The molecule has 0 aliphatic carbocycles. The zero-order valence-electron chi connectivity index (χ0n) is 13.3. The Hall–Kier alpha value is -2.09. The van der Waals surface area contributed by atoms with Gasteiger partial charge in [-0.2, -0.15) is 0 Å². The standard InChI is InChI=1S/C17H18N4O2S/c1-20-11-18-19-17(20)24-16-7-6-13(23-16)9-21-8-12-4-2-3-5-14(12)15(22)10-21/h2-7,11,15,22H,8-10H2,1H3. The quantitative estimate of drug-likeness (QED) is 0.786. The van der Waals surface area contributed by atoms with E-state index in [0.29, 0.717) is 13.1 Å². The molecule has 0 saturated heterocycles. The van der Waals surface area contributed by atoms with Crippen molar-refractivity contribution in [2.24, 2.45) is 7.05 Å². The lowest BCUT2D eigenvalue weighted by molar-refractivity contribution is 0.0833. The second-order valence-corrected chi connectivity index (χ2v) is 6.90. The molecule has 1 atom stereocenters. The largest absolute Gasteiger partial charge is 0.453 e. The lowest BCUT2D eigenvalue weighted by Gasteiger charge is -2.31. The zero-order chi connectivity index (χ0) is 16.5. The molecule has 1 N–H and O–H groups in total. The predicted octanol–water partition coefficient (Wildman–Crippen LogP) is 2.61. The van der Waals surface area contributed by atoms with Crippen molar-refractivity contribution in [3.63, 3.8) is 0 Å². The van der Waals surface area contributed by atoms with E-state index in [1.54, 1.807) is 6.33 Å². The second kappa shape index (κ2) is 6.43. The Morgan fingerprint density at radius 1 is 1.29 bits per heavy atom. The number of hydrogen-bond donors (Lipinski definition) is 1. The molecule has 0 amide bonds. The highest BCUT2D eigenvalue weighted by atomic mass is 32.2. The van der Waals surface area contributed by atoms with E-state index in [-0.39, 0.29) is 0 Å². The molecule has 24 heavy (non-hydrogen) atoms. The molecule has 1 unspecified atom stereocenters. The Morgan fingerprint density at radius 3 is 3.00 bits per heavy atom. The summed E-state index contributed by atoms with van der Waals surface area (Å²) in [6.45, 7) is 2.11. The molecule has 0 radical (unpaired) electrons. The van der Waals surface area contributed by atoms with Gasteiger partial charge in [-0.25, -0.2) is 0 Å². The van der Waals surface area contributed by atoms with Crippen molar-refractivity contribution in [2.75, 3.05) is 6.54 Å². The van der Waals surface area contributed by atoms with Crippen LogP contribution in [0.4, 0.5) is 0 Å². The molecule has 0 fully saturated rings. The van der Waals surface area contributed by atoms with Crippen LogP contribution in [0, 0.1) is 0 Å². The molecule has 124 valence electrons. The highest BCUT2D eigenvalue weighted by Crippen LogP contribution is 2.30. The van der Waals surface area contributed by atoms with Gasteiger partial charge in [0.05, 0.1) is 12.6 Å². The van der Waals surface area contributed by atoms with Crippen LogP contribution in [0.3, 0.4) is 0 Å². The highest BCUT2D eigenvalue weighted by molar-refractivity contribution is 7.99. The fourth-order valence-corrected chi connectivity index (χ4v) is 3.69. The monoisotopic (exact) mass is 342 g/mol. The minimum atomic E-state index is -0.447. The molecule has 4 rings (SSSR count). The Kier molecular flexibility index (Phi) is 4.13. The van der Waals surface area contributed by atoms with E-state index in [9.17, 15) is 5.11 Å². The molecule has 2 aromatic heterocycles. The first-order chi connectivity index (χ1) is 11.7. The van der Waals surface area contributed by atoms with Crippen LogP contribution in [0.5, 0.6) is 0 Å². The first-order valence-corrected chi connectivity index (χ1v) is 8.59. The van der Waals surface area contributed by atoms with E-state index in [2.05, 4.69) is 21.2 Å². The van der Waals surface area contributed by atoms with Crippen LogP contribution in [0.2, 0.25) is 0 Å². The summed E-state index contributed by atoms with van der Waals surface area (Å²) in [5.41, 5.74) is 2.21. The van der Waals surface area contributed by atoms with Gasteiger partial charge in [0, 0.05) is 20.1 Å². The fraction of sp³-hybridized carbons (Fsp3) is 0.294. The summed E-state index contributed by atoms with van der Waals surface area (Å²) in [6.07, 6.45) is 1.22. The Morgan fingerprint density at radius 2 is 2.17 bits per heavy atom. The third-order valence-corrected chi connectivity index (χ3v) is 5.09. The zero-order valence-corrected chi connectivity index (χ0v) is 14.1. The van der Waals surface area contributed by atoms with Gasteiger partial charge in [0.1, 0.15) is 12.1 Å². The normalized spacial score (nSPS) is 17.8. The van der Waals surface area contributed by atoms with Crippen molar-refractivity contribution in [3.8, 4) is 0 Å². The number of β-amino-alcohol motifs (C(OH)–C–C–N with tert-alkyl or cyclic N) is 1. The van der Waals surface area contributed by atoms with Gasteiger partial charge >= 0.3 is 0 Å². The first kappa shape index (κ1) is 15.4. The smallest absolute Gasteiger partial charge is 0.198 e. The lowest BCUT2D eigenvalue weighted by Crippen LogP contribution is -2.32. The topological polar surface area (TPSA) is 67.3 Å². The number of aliphatic hydroxyl groups excluding tert-OH is 1. The van der Waals surface area contributed by atoms with Gasteiger partial charge in [0.25, 0.3) is 0 Å². The van der Waals surface area contributed by atoms with Crippen LogP contribution in [0.25, 0.3) is 0 Å². The molecule has 0 saturated carbocycles. The van der Waals surface area contributed by atoms with Crippen LogP contribution in [0.1, 0.15) is 23.0 Å². The Balaban J connectivity index is 1.44. The molecule has 3 aromatic rings. The molecule has 1 aromatic carbocycles. The van der Waals surface area contributed by atoms with Gasteiger partial charge in [-0.05, 0) is 35.0 Å². The van der Waals surface area contributed by atoms with E-state index in [1.165, 1.54) is 17.3 Å². The lowest BCUT2D eigenvalue weighted by atomic mass is 9.97. The summed E-state index contributed by atoms with van der Waals surface area (Å²) in [7, 11) is 1.90.